The van der Waals surface area contributed by atoms with Crippen molar-refractivity contribution in [3.8, 4) is 16.6 Å². The predicted octanol–water partition coefficient (Wildman–Crippen LogP) is 2.41. The number of hydrogen-bond donors (Lipinski definition) is 0. The number of nitriles is 1. The average molecular weight is 219 g/mol. The van der Waals surface area contributed by atoms with Gasteiger partial charge in [-0.2, -0.15) is 5.26 Å². The molecule has 2 aromatic rings. The van der Waals surface area contributed by atoms with Gasteiger partial charge in [0.05, 0.1) is 12.5 Å². The third-order valence-electron chi connectivity index (χ3n) is 1.80. The van der Waals surface area contributed by atoms with E-state index in [9.17, 15) is 4.39 Å². The molecule has 1 aromatic carbocycles. The van der Waals surface area contributed by atoms with E-state index < -0.39 is 0 Å². The van der Waals surface area contributed by atoms with E-state index in [0.717, 1.165) is 0 Å². The molecule has 0 spiro atoms. The van der Waals surface area contributed by atoms with Crippen molar-refractivity contribution in [1.82, 2.24) is 10.2 Å². The lowest BCUT2D eigenvalue weighted by atomic mass is 10.2. The van der Waals surface area contributed by atoms with Crippen LogP contribution in [0.4, 0.5) is 4.39 Å². The molecule has 15 heavy (non-hydrogen) atoms. The van der Waals surface area contributed by atoms with E-state index in [-0.39, 0.29) is 12.2 Å². The lowest BCUT2D eigenvalue weighted by Crippen LogP contribution is -1.82. The lowest BCUT2D eigenvalue weighted by Gasteiger charge is -1.95. The summed E-state index contributed by atoms with van der Waals surface area (Å²) in [7, 11) is 0. The van der Waals surface area contributed by atoms with Gasteiger partial charge >= 0.3 is 0 Å². The third-order valence-corrected chi connectivity index (χ3v) is 2.76. The second-order valence-electron chi connectivity index (χ2n) is 2.82. The molecule has 5 heteroatoms. The second-order valence-corrected chi connectivity index (χ2v) is 3.88. The molecule has 0 aliphatic rings. The maximum Gasteiger partial charge on any atom is 0.150 e. The van der Waals surface area contributed by atoms with Gasteiger partial charge in [-0.25, -0.2) is 4.39 Å². The Morgan fingerprint density at radius 1 is 1.33 bits per heavy atom. The zero-order chi connectivity index (χ0) is 10.7. The van der Waals surface area contributed by atoms with Crippen molar-refractivity contribution in [2.45, 2.75) is 6.42 Å². The van der Waals surface area contributed by atoms with Crippen molar-refractivity contribution in [3.63, 3.8) is 0 Å². The number of benzene rings is 1. The van der Waals surface area contributed by atoms with Gasteiger partial charge in [0.1, 0.15) is 10.8 Å². The minimum absolute atomic E-state index is 0.214. The summed E-state index contributed by atoms with van der Waals surface area (Å²) in [6.07, 6.45) is 0.214. The van der Waals surface area contributed by atoms with E-state index in [1.165, 1.54) is 17.4 Å². The van der Waals surface area contributed by atoms with Crippen LogP contribution in [-0.2, 0) is 6.42 Å². The van der Waals surface area contributed by atoms with Gasteiger partial charge in [0, 0.05) is 5.56 Å². The fourth-order valence-electron chi connectivity index (χ4n) is 1.14. The highest BCUT2D eigenvalue weighted by atomic mass is 32.1. The summed E-state index contributed by atoms with van der Waals surface area (Å²) in [5.74, 6) is -0.322. The number of rotatable bonds is 2. The third kappa shape index (κ3) is 2.00. The summed E-state index contributed by atoms with van der Waals surface area (Å²) >= 11 is 1.24. The molecular formula is C10H6FN3S. The molecule has 1 aromatic heterocycles. The van der Waals surface area contributed by atoms with Gasteiger partial charge in [-0.3, -0.25) is 0 Å². The van der Waals surface area contributed by atoms with E-state index in [1.54, 1.807) is 18.2 Å². The number of aromatic nitrogens is 2. The molecule has 0 saturated heterocycles. The van der Waals surface area contributed by atoms with Gasteiger partial charge in [-0.05, 0) is 12.1 Å². The van der Waals surface area contributed by atoms with Crippen LogP contribution < -0.4 is 0 Å². The van der Waals surface area contributed by atoms with Crippen molar-refractivity contribution < 1.29 is 4.39 Å². The number of halogens is 1. The molecule has 0 N–H and O–H groups in total. The summed E-state index contributed by atoms with van der Waals surface area (Å²) < 4.78 is 13.3. The van der Waals surface area contributed by atoms with Crippen LogP contribution in [0.25, 0.3) is 10.6 Å². The second kappa shape index (κ2) is 4.15. The van der Waals surface area contributed by atoms with E-state index in [0.29, 0.717) is 15.6 Å². The summed E-state index contributed by atoms with van der Waals surface area (Å²) in [6, 6.07) is 8.36. The molecule has 0 radical (unpaired) electrons. The first kappa shape index (κ1) is 9.74. The first-order chi connectivity index (χ1) is 7.31. The van der Waals surface area contributed by atoms with Gasteiger partial charge in [-0.15, -0.1) is 10.2 Å². The van der Waals surface area contributed by atoms with Gasteiger partial charge < -0.3 is 0 Å². The Morgan fingerprint density at radius 3 is 2.87 bits per heavy atom. The SMILES string of the molecule is N#CCc1nnc(-c2ccccc2F)s1. The topological polar surface area (TPSA) is 49.6 Å². The summed E-state index contributed by atoms with van der Waals surface area (Å²) in [5.41, 5.74) is 0.430. The molecule has 0 amide bonds. The zero-order valence-electron chi connectivity index (χ0n) is 7.64. The minimum Gasteiger partial charge on any atom is -0.206 e. The van der Waals surface area contributed by atoms with E-state index in [2.05, 4.69) is 10.2 Å². The van der Waals surface area contributed by atoms with Crippen LogP contribution in [0, 0.1) is 17.1 Å². The molecule has 0 aliphatic heterocycles. The molecular weight excluding hydrogens is 213 g/mol. The Balaban J connectivity index is 2.38. The summed E-state index contributed by atoms with van der Waals surface area (Å²) in [6.45, 7) is 0. The van der Waals surface area contributed by atoms with Gasteiger partial charge in [0.25, 0.3) is 0 Å². The quantitative estimate of drug-likeness (QED) is 0.779. The van der Waals surface area contributed by atoms with Crippen LogP contribution in [0.1, 0.15) is 5.01 Å². The van der Waals surface area contributed by atoms with Crippen molar-refractivity contribution in [2.24, 2.45) is 0 Å². The van der Waals surface area contributed by atoms with Crippen LogP contribution >= 0.6 is 11.3 Å². The van der Waals surface area contributed by atoms with Crippen LogP contribution in [0.5, 0.6) is 0 Å². The van der Waals surface area contributed by atoms with Crippen molar-refractivity contribution in [1.29, 1.82) is 5.26 Å². The van der Waals surface area contributed by atoms with Crippen molar-refractivity contribution in [3.05, 3.63) is 35.1 Å². The van der Waals surface area contributed by atoms with Crippen LogP contribution in [0.3, 0.4) is 0 Å². The summed E-state index contributed by atoms with van der Waals surface area (Å²) in [5, 5.41) is 17.2. The first-order valence-corrected chi connectivity index (χ1v) is 5.07. The largest absolute Gasteiger partial charge is 0.206 e. The standard InChI is InChI=1S/C10H6FN3S/c11-8-4-2-1-3-7(8)10-14-13-9(15-10)5-6-12/h1-4H,5H2. The van der Waals surface area contributed by atoms with Crippen LogP contribution in [0.2, 0.25) is 0 Å². The van der Waals surface area contributed by atoms with Gasteiger partial charge in [0.2, 0.25) is 0 Å². The lowest BCUT2D eigenvalue weighted by molar-refractivity contribution is 0.631. The molecule has 0 saturated carbocycles. The molecule has 0 fully saturated rings. The maximum atomic E-state index is 13.3. The molecule has 0 unspecified atom stereocenters. The first-order valence-electron chi connectivity index (χ1n) is 4.25. The molecule has 74 valence electrons. The minimum atomic E-state index is -0.322. The molecule has 0 bridgehead atoms. The Labute approximate surface area is 89.8 Å². The van der Waals surface area contributed by atoms with Crippen molar-refractivity contribution >= 4 is 11.3 Å². The molecule has 0 aliphatic carbocycles. The Hall–Kier alpha value is -1.80. The predicted molar refractivity (Wildman–Crippen MR) is 54.6 cm³/mol. The highest BCUT2D eigenvalue weighted by Gasteiger charge is 2.09. The molecule has 0 atom stereocenters. The van der Waals surface area contributed by atoms with Crippen LogP contribution in [-0.4, -0.2) is 10.2 Å². The highest BCUT2D eigenvalue weighted by molar-refractivity contribution is 7.14. The Bertz CT molecular complexity index is 515. The van der Waals surface area contributed by atoms with Gasteiger partial charge in [0.15, 0.2) is 5.01 Å². The van der Waals surface area contributed by atoms with Crippen LogP contribution in [0.15, 0.2) is 24.3 Å². The fraction of sp³-hybridized carbons (Fsp3) is 0.100. The Kier molecular flexibility index (Phi) is 2.70. The zero-order valence-corrected chi connectivity index (χ0v) is 8.46. The molecule has 3 nitrogen and oxygen atoms in total. The highest BCUT2D eigenvalue weighted by Crippen LogP contribution is 2.25. The van der Waals surface area contributed by atoms with E-state index in [1.807, 2.05) is 6.07 Å². The average Bonchev–Trinajstić information content (AvgIpc) is 2.68. The summed E-state index contributed by atoms with van der Waals surface area (Å²) in [4.78, 5) is 0. The fourth-order valence-corrected chi connectivity index (χ4v) is 1.93. The number of hydrogen-bond acceptors (Lipinski definition) is 4. The molecule has 2 rings (SSSR count). The normalized spacial score (nSPS) is 9.87. The van der Waals surface area contributed by atoms with Crippen molar-refractivity contribution in [2.75, 3.05) is 0 Å². The number of nitrogens with zero attached hydrogens (tertiary/aromatic N) is 3. The van der Waals surface area contributed by atoms with Gasteiger partial charge in [-0.1, -0.05) is 23.5 Å². The maximum absolute atomic E-state index is 13.3. The smallest absolute Gasteiger partial charge is 0.150 e. The van der Waals surface area contributed by atoms with E-state index >= 15 is 0 Å². The monoisotopic (exact) mass is 219 g/mol. The van der Waals surface area contributed by atoms with E-state index in [4.69, 9.17) is 5.26 Å². The molecule has 1 heterocycles. The Morgan fingerprint density at radius 2 is 2.13 bits per heavy atom.